The molecular weight excluding hydrogens is 359 g/mol. The maximum absolute atomic E-state index is 12.3. The monoisotopic (exact) mass is 375 g/mol. The number of alkyl halides is 3. The van der Waals surface area contributed by atoms with Gasteiger partial charge < -0.3 is 9.64 Å². The van der Waals surface area contributed by atoms with Crippen molar-refractivity contribution in [3.8, 4) is 5.88 Å². The molecule has 2 aromatic heterocycles. The molecule has 2 heterocycles. The van der Waals surface area contributed by atoms with Crippen LogP contribution in [0.1, 0.15) is 13.8 Å². The van der Waals surface area contributed by atoms with E-state index in [1.165, 1.54) is 18.6 Å². The van der Waals surface area contributed by atoms with E-state index in [9.17, 15) is 18.0 Å². The SMILES string of the molecule is CCN(CC)C(=O)n1cnc(Sc2cccnc2OCC(F)(F)F)n1. The van der Waals surface area contributed by atoms with Gasteiger partial charge in [-0.05, 0) is 37.7 Å². The van der Waals surface area contributed by atoms with Gasteiger partial charge >= 0.3 is 12.2 Å². The normalized spacial score (nSPS) is 11.4. The van der Waals surface area contributed by atoms with Crippen LogP contribution in [-0.4, -0.2) is 56.6 Å². The number of aromatic nitrogens is 4. The molecule has 0 aliphatic rings. The Morgan fingerprint density at radius 1 is 1.32 bits per heavy atom. The zero-order chi connectivity index (χ0) is 18.4. The third kappa shape index (κ3) is 5.34. The molecule has 0 fully saturated rings. The Bertz CT molecular complexity index is 718. The first kappa shape index (κ1) is 19.0. The van der Waals surface area contributed by atoms with E-state index < -0.39 is 12.8 Å². The van der Waals surface area contributed by atoms with Gasteiger partial charge in [0.05, 0.1) is 4.90 Å². The van der Waals surface area contributed by atoms with Crippen LogP contribution in [0.3, 0.4) is 0 Å². The highest BCUT2D eigenvalue weighted by Gasteiger charge is 2.29. The van der Waals surface area contributed by atoms with Crippen LogP contribution >= 0.6 is 11.8 Å². The quantitative estimate of drug-likeness (QED) is 0.773. The van der Waals surface area contributed by atoms with Crippen molar-refractivity contribution in [1.29, 1.82) is 0 Å². The maximum Gasteiger partial charge on any atom is 0.422 e. The zero-order valence-electron chi connectivity index (χ0n) is 13.5. The number of nitrogens with zero attached hydrogens (tertiary/aromatic N) is 5. The van der Waals surface area contributed by atoms with Crippen molar-refractivity contribution in [3.05, 3.63) is 24.7 Å². The number of pyridine rings is 1. The average molecular weight is 375 g/mol. The molecule has 0 aromatic carbocycles. The highest BCUT2D eigenvalue weighted by atomic mass is 32.2. The summed E-state index contributed by atoms with van der Waals surface area (Å²) in [6.07, 6.45) is -1.88. The van der Waals surface area contributed by atoms with Gasteiger partial charge in [-0.25, -0.2) is 14.8 Å². The fourth-order valence-corrected chi connectivity index (χ4v) is 2.61. The number of halogens is 3. The molecule has 25 heavy (non-hydrogen) atoms. The third-order valence-electron chi connectivity index (χ3n) is 3.01. The molecule has 1 amide bonds. The smallest absolute Gasteiger partial charge is 0.422 e. The summed E-state index contributed by atoms with van der Waals surface area (Å²) in [5, 5.41) is 4.24. The molecule has 0 aliphatic carbocycles. The standard InChI is InChI=1S/C14H16F3N5O2S/c1-3-21(4-2)13(23)22-9-19-12(20-22)25-10-6-5-7-18-11(10)24-8-14(15,16)17/h5-7,9H,3-4,8H2,1-2H3. The molecule has 0 N–H and O–H groups in total. The fraction of sp³-hybridized carbons (Fsp3) is 0.429. The molecule has 0 unspecified atom stereocenters. The Balaban J connectivity index is 2.12. The van der Waals surface area contributed by atoms with Gasteiger partial charge in [0.25, 0.3) is 0 Å². The average Bonchev–Trinajstić information content (AvgIpc) is 3.03. The van der Waals surface area contributed by atoms with Crippen LogP contribution < -0.4 is 4.74 Å². The molecule has 2 rings (SSSR count). The predicted octanol–water partition coefficient (Wildman–Crippen LogP) is 3.08. The molecule has 0 spiro atoms. The number of hydrogen-bond acceptors (Lipinski definition) is 6. The first-order valence-electron chi connectivity index (χ1n) is 7.37. The Hall–Kier alpha value is -2.30. The molecule has 0 bridgehead atoms. The van der Waals surface area contributed by atoms with Gasteiger partial charge in [0.15, 0.2) is 6.61 Å². The summed E-state index contributed by atoms with van der Waals surface area (Å²) in [5.41, 5.74) is 0. The van der Waals surface area contributed by atoms with Gasteiger partial charge in [0.2, 0.25) is 11.0 Å². The van der Waals surface area contributed by atoms with Crippen LogP contribution in [-0.2, 0) is 0 Å². The van der Waals surface area contributed by atoms with Crippen molar-refractivity contribution in [2.24, 2.45) is 0 Å². The summed E-state index contributed by atoms with van der Waals surface area (Å²) in [6, 6.07) is 2.76. The largest absolute Gasteiger partial charge is 0.467 e. The summed E-state index contributed by atoms with van der Waals surface area (Å²) in [7, 11) is 0. The van der Waals surface area contributed by atoms with Gasteiger partial charge in [-0.2, -0.15) is 17.9 Å². The summed E-state index contributed by atoms with van der Waals surface area (Å²) < 4.78 is 42.7. The van der Waals surface area contributed by atoms with E-state index in [1.807, 2.05) is 13.8 Å². The summed E-state index contributed by atoms with van der Waals surface area (Å²) in [4.78, 5) is 21.8. The summed E-state index contributed by atoms with van der Waals surface area (Å²) >= 11 is 0.961. The molecule has 0 saturated heterocycles. The van der Waals surface area contributed by atoms with Crippen molar-refractivity contribution in [1.82, 2.24) is 24.6 Å². The van der Waals surface area contributed by atoms with E-state index in [0.717, 1.165) is 16.4 Å². The Kier molecular flexibility index (Phi) is 6.23. The lowest BCUT2D eigenvalue weighted by Gasteiger charge is -2.17. The number of carbonyl (C=O) groups is 1. The predicted molar refractivity (Wildman–Crippen MR) is 83.6 cm³/mol. The van der Waals surface area contributed by atoms with Crippen molar-refractivity contribution in [3.63, 3.8) is 0 Å². The van der Waals surface area contributed by atoms with Crippen LogP contribution in [0.2, 0.25) is 0 Å². The molecule has 0 radical (unpaired) electrons. The second kappa shape index (κ2) is 8.19. The third-order valence-corrected chi connectivity index (χ3v) is 3.91. The van der Waals surface area contributed by atoms with Crippen LogP contribution in [0, 0.1) is 0 Å². The Morgan fingerprint density at radius 2 is 2.04 bits per heavy atom. The van der Waals surface area contributed by atoms with Gasteiger partial charge in [0.1, 0.15) is 6.33 Å². The van der Waals surface area contributed by atoms with Gasteiger partial charge in [-0.3, -0.25) is 0 Å². The summed E-state index contributed by atoms with van der Waals surface area (Å²) in [6.45, 7) is 3.28. The van der Waals surface area contributed by atoms with E-state index in [2.05, 4.69) is 15.1 Å². The van der Waals surface area contributed by atoms with Crippen LogP contribution in [0.5, 0.6) is 5.88 Å². The number of ether oxygens (including phenoxy) is 1. The number of rotatable bonds is 6. The maximum atomic E-state index is 12.3. The van der Waals surface area contributed by atoms with Gasteiger partial charge in [0, 0.05) is 19.3 Å². The molecule has 0 saturated carbocycles. The molecular formula is C14H16F3N5O2S. The van der Waals surface area contributed by atoms with Crippen LogP contribution in [0.25, 0.3) is 0 Å². The van der Waals surface area contributed by atoms with Crippen LogP contribution in [0.4, 0.5) is 18.0 Å². The summed E-state index contributed by atoms with van der Waals surface area (Å²) in [5.74, 6) is -0.170. The highest BCUT2D eigenvalue weighted by molar-refractivity contribution is 7.99. The second-order valence-electron chi connectivity index (χ2n) is 4.74. The minimum atomic E-state index is -4.46. The van der Waals surface area contributed by atoms with E-state index in [0.29, 0.717) is 18.0 Å². The molecule has 11 heteroatoms. The number of carbonyl (C=O) groups excluding carboxylic acids is 1. The fourth-order valence-electron chi connectivity index (χ4n) is 1.84. The van der Waals surface area contributed by atoms with Crippen molar-refractivity contribution in [2.45, 2.75) is 30.1 Å². The second-order valence-corrected chi connectivity index (χ2v) is 5.75. The topological polar surface area (TPSA) is 73.1 Å². The van der Waals surface area contributed by atoms with Gasteiger partial charge in [-0.1, -0.05) is 0 Å². The molecule has 0 atom stereocenters. The molecule has 7 nitrogen and oxygen atoms in total. The lowest BCUT2D eigenvalue weighted by atomic mass is 10.5. The Morgan fingerprint density at radius 3 is 2.68 bits per heavy atom. The lowest BCUT2D eigenvalue weighted by Crippen LogP contribution is -2.34. The minimum Gasteiger partial charge on any atom is -0.467 e. The van der Waals surface area contributed by atoms with E-state index >= 15 is 0 Å². The minimum absolute atomic E-state index is 0.170. The lowest BCUT2D eigenvalue weighted by molar-refractivity contribution is -0.154. The van der Waals surface area contributed by atoms with Gasteiger partial charge in [-0.15, -0.1) is 5.10 Å². The van der Waals surface area contributed by atoms with E-state index in [4.69, 9.17) is 4.74 Å². The highest BCUT2D eigenvalue weighted by Crippen LogP contribution is 2.32. The molecule has 0 aliphatic heterocycles. The zero-order valence-corrected chi connectivity index (χ0v) is 14.3. The van der Waals surface area contributed by atoms with E-state index in [1.54, 1.807) is 11.0 Å². The molecule has 2 aromatic rings. The Labute approximate surface area is 146 Å². The van der Waals surface area contributed by atoms with Crippen molar-refractivity contribution >= 4 is 17.8 Å². The van der Waals surface area contributed by atoms with E-state index in [-0.39, 0.29) is 17.1 Å². The van der Waals surface area contributed by atoms with Crippen molar-refractivity contribution in [2.75, 3.05) is 19.7 Å². The number of amides is 1. The van der Waals surface area contributed by atoms with Crippen LogP contribution in [0.15, 0.2) is 34.7 Å². The first-order valence-corrected chi connectivity index (χ1v) is 8.19. The molecule has 136 valence electrons. The van der Waals surface area contributed by atoms with Crippen molar-refractivity contribution < 1.29 is 22.7 Å². The first-order chi connectivity index (χ1) is 11.8. The number of hydrogen-bond donors (Lipinski definition) is 0.